The van der Waals surface area contributed by atoms with Gasteiger partial charge in [0.25, 0.3) is 0 Å². The second-order valence-corrected chi connectivity index (χ2v) is 20.4. The van der Waals surface area contributed by atoms with Gasteiger partial charge in [-0.15, -0.1) is 0 Å². The fourth-order valence-electron chi connectivity index (χ4n) is 13.3. The Kier molecular flexibility index (Phi) is 9.92. The lowest BCUT2D eigenvalue weighted by atomic mass is 9.56. The minimum Gasteiger partial charge on any atom is -0.462 e. The van der Waals surface area contributed by atoms with E-state index in [9.17, 15) is 9.59 Å². The number of carbonyl (C=O) groups excluding carboxylic acids is 1. The molecule has 9 heterocycles. The van der Waals surface area contributed by atoms with Gasteiger partial charge in [-0.3, -0.25) is 0 Å². The lowest BCUT2D eigenvalue weighted by Gasteiger charge is -2.61. The average molecular weight is 822 g/mol. The van der Waals surface area contributed by atoms with Gasteiger partial charge in [0.15, 0.2) is 23.8 Å². The van der Waals surface area contributed by atoms with Crippen LogP contribution in [0.15, 0.2) is 33.5 Å². The number of nitrogens with zero attached hydrogens (tertiary/aromatic N) is 1. The van der Waals surface area contributed by atoms with Crippen molar-refractivity contribution in [2.75, 3.05) is 25.6 Å². The molecule has 0 N–H and O–H groups in total. The van der Waals surface area contributed by atoms with E-state index in [1.165, 1.54) is 6.07 Å². The Morgan fingerprint density at radius 3 is 1.81 bits per heavy atom. The molecule has 324 valence electrons. The second-order valence-electron chi connectivity index (χ2n) is 20.4. The van der Waals surface area contributed by atoms with Crippen LogP contribution >= 0.6 is 0 Å². The Morgan fingerprint density at radius 1 is 0.746 bits per heavy atom. The van der Waals surface area contributed by atoms with E-state index >= 15 is 0 Å². The fourth-order valence-corrected chi connectivity index (χ4v) is 13.3. The number of hydrogen-bond acceptors (Lipinski definition) is 13. The number of esters is 1. The van der Waals surface area contributed by atoms with Gasteiger partial charge in [0.05, 0.1) is 24.4 Å². The summed E-state index contributed by atoms with van der Waals surface area (Å²) in [7, 11) is 3.82. The maximum atomic E-state index is 14.1. The summed E-state index contributed by atoms with van der Waals surface area (Å²) in [5.41, 5.74) is -0.593. The first-order valence-electron chi connectivity index (χ1n) is 22.5. The van der Waals surface area contributed by atoms with Crippen molar-refractivity contribution in [1.82, 2.24) is 0 Å². The number of hydrogen-bond donors (Lipinski definition) is 0. The number of ether oxygens (including phenoxy) is 5. The molecule has 13 nitrogen and oxygen atoms in total. The highest BCUT2D eigenvalue weighted by Crippen LogP contribution is 2.63. The summed E-state index contributed by atoms with van der Waals surface area (Å²) in [5, 5.41) is 0.524. The summed E-state index contributed by atoms with van der Waals surface area (Å²) in [5.74, 6) is -0.507. The highest BCUT2D eigenvalue weighted by atomic mass is 17.3. The molecule has 59 heavy (non-hydrogen) atoms. The van der Waals surface area contributed by atoms with Crippen LogP contribution in [0.5, 0.6) is 0 Å². The van der Waals surface area contributed by atoms with Gasteiger partial charge in [-0.25, -0.2) is 29.1 Å². The van der Waals surface area contributed by atoms with Gasteiger partial charge >= 0.3 is 11.6 Å². The van der Waals surface area contributed by atoms with Crippen LogP contribution < -0.4 is 10.5 Å². The molecule has 2 saturated carbocycles. The summed E-state index contributed by atoms with van der Waals surface area (Å²) in [4.78, 5) is 54.0. The van der Waals surface area contributed by atoms with Crippen molar-refractivity contribution in [3.63, 3.8) is 0 Å². The van der Waals surface area contributed by atoms with Crippen molar-refractivity contribution in [1.29, 1.82) is 0 Å². The summed E-state index contributed by atoms with van der Waals surface area (Å²) < 4.78 is 39.5. The Hall–Kier alpha value is -2.62. The van der Waals surface area contributed by atoms with Crippen molar-refractivity contribution in [3.8, 4) is 0 Å². The van der Waals surface area contributed by atoms with E-state index in [-0.39, 0.29) is 65.8 Å². The van der Waals surface area contributed by atoms with Crippen LogP contribution in [0, 0.1) is 53.3 Å². The molecule has 16 atom stereocenters. The maximum Gasteiger partial charge on any atom is 0.339 e. The first-order chi connectivity index (χ1) is 28.1. The molecule has 13 heteroatoms. The van der Waals surface area contributed by atoms with Gasteiger partial charge in [-0.1, -0.05) is 27.7 Å². The minimum absolute atomic E-state index is 0.103. The van der Waals surface area contributed by atoms with Crippen molar-refractivity contribution in [3.05, 3.63) is 40.2 Å². The van der Waals surface area contributed by atoms with Crippen LogP contribution in [0.25, 0.3) is 11.0 Å². The molecule has 10 aliphatic rings. The third kappa shape index (κ3) is 6.37. The molecule has 2 aliphatic carbocycles. The highest BCUT2D eigenvalue weighted by Gasteiger charge is 2.71. The van der Waals surface area contributed by atoms with Gasteiger partial charge in [0.2, 0.25) is 11.6 Å². The fraction of sp³-hybridized carbons (Fsp3) is 0.783. The molecule has 4 bridgehead atoms. The summed E-state index contributed by atoms with van der Waals surface area (Å²) in [6.45, 7) is 13.2. The van der Waals surface area contributed by atoms with E-state index in [0.29, 0.717) is 35.6 Å². The van der Waals surface area contributed by atoms with E-state index in [4.69, 9.17) is 47.7 Å². The molecule has 0 radical (unpaired) electrons. The van der Waals surface area contributed by atoms with Crippen molar-refractivity contribution < 1.29 is 52.4 Å². The van der Waals surface area contributed by atoms with E-state index in [1.54, 1.807) is 12.1 Å². The average Bonchev–Trinajstić information content (AvgIpc) is 3.58. The van der Waals surface area contributed by atoms with E-state index in [0.717, 1.165) is 57.1 Å². The van der Waals surface area contributed by atoms with Crippen LogP contribution in [0.3, 0.4) is 0 Å². The molecule has 1 aromatic carbocycles. The molecule has 2 spiro atoms. The van der Waals surface area contributed by atoms with Crippen LogP contribution in [0.1, 0.15) is 116 Å². The minimum atomic E-state index is -0.882. The third-order valence-corrected chi connectivity index (χ3v) is 16.6. The Morgan fingerprint density at radius 2 is 1.29 bits per heavy atom. The van der Waals surface area contributed by atoms with Crippen molar-refractivity contribution in [2.24, 2.45) is 53.3 Å². The predicted molar refractivity (Wildman–Crippen MR) is 213 cm³/mol. The standard InChI is InChI=1S/C46H63NO12/c1-24-9-13-34-26(3)36(52-41-45(34)32(24)15-17-43(5,54-41)56-58-45)19-28(23-50-40(49)31-22-39(48)51-38-21-29(47(7)8)11-12-30(31)38)20-37-27(4)35-14-10-25(2)33-16-18-44(6)55-42(53-37)46(33,35)59-57-44/h11-12,21-22,24-28,32-37,41-42H,9-10,13-20,23H2,1-8H3/t24-,25-,26-,27-,28?,32+,33+,34+,35+,36?,37?,41+,42+,43-,44-,45-,46-/m1/s1. The maximum absolute atomic E-state index is 14.1. The number of carbonyl (C=O) groups is 1. The lowest BCUT2D eigenvalue weighted by molar-refractivity contribution is -0.571. The zero-order chi connectivity index (χ0) is 41.2. The van der Waals surface area contributed by atoms with Gasteiger partial charge in [-0.05, 0) is 119 Å². The van der Waals surface area contributed by atoms with Crippen LogP contribution in [0.2, 0.25) is 0 Å². The van der Waals surface area contributed by atoms with Gasteiger partial charge in [0.1, 0.15) is 5.58 Å². The normalized spacial score (nSPS) is 46.4. The molecule has 8 saturated heterocycles. The summed E-state index contributed by atoms with van der Waals surface area (Å²) in [6.07, 6.45) is 7.25. The first-order valence-corrected chi connectivity index (χ1v) is 22.5. The number of benzene rings is 1. The molecule has 1 aromatic heterocycles. The Labute approximate surface area is 346 Å². The predicted octanol–water partition coefficient (Wildman–Crippen LogP) is 7.91. The van der Waals surface area contributed by atoms with Crippen LogP contribution in [-0.4, -0.2) is 74.2 Å². The summed E-state index contributed by atoms with van der Waals surface area (Å²) in [6, 6.07) is 6.70. The lowest BCUT2D eigenvalue weighted by Crippen LogP contribution is -2.70. The van der Waals surface area contributed by atoms with Crippen LogP contribution in [0.4, 0.5) is 5.69 Å². The Balaban J connectivity index is 0.957. The molecule has 2 unspecified atom stereocenters. The molecule has 12 rings (SSSR count). The number of rotatable bonds is 8. The molecular formula is C46H63NO12. The second kappa shape index (κ2) is 14.5. The third-order valence-electron chi connectivity index (χ3n) is 16.6. The van der Waals surface area contributed by atoms with Crippen molar-refractivity contribution in [2.45, 2.75) is 153 Å². The summed E-state index contributed by atoms with van der Waals surface area (Å²) >= 11 is 0. The zero-order valence-electron chi connectivity index (χ0n) is 35.9. The SMILES string of the molecule is C[C@@H]1CC[C@H]2[C@@H](C)C(CC(COC(=O)c3cc(=O)oc4cc(N(C)C)ccc34)CC3O[C@H]4O[C@@]5(C)CC[C@H]6[C@H](C)CC[C@@H]([C@H]3C)[C@@]46OO5)O[C@H]3O[C@@]4(C)CC[C@@H]1[C@]32OO4. The molecule has 0 amide bonds. The van der Waals surface area contributed by atoms with E-state index < -0.39 is 47.0 Å². The van der Waals surface area contributed by atoms with E-state index in [1.807, 2.05) is 38.9 Å². The highest BCUT2D eigenvalue weighted by molar-refractivity contribution is 6.03. The molecule has 8 aliphatic heterocycles. The van der Waals surface area contributed by atoms with Crippen molar-refractivity contribution >= 4 is 22.6 Å². The molecular weight excluding hydrogens is 759 g/mol. The largest absolute Gasteiger partial charge is 0.462 e. The molecule has 10 fully saturated rings. The smallest absolute Gasteiger partial charge is 0.339 e. The van der Waals surface area contributed by atoms with Gasteiger partial charge in [0, 0.05) is 62.0 Å². The Bertz CT molecular complexity index is 1930. The number of fused-ring (bicyclic) bond motifs is 5. The van der Waals surface area contributed by atoms with Gasteiger partial charge in [-0.2, -0.15) is 0 Å². The molecule has 2 aromatic rings. The topological polar surface area (TPSA) is 134 Å². The monoisotopic (exact) mass is 821 g/mol. The zero-order valence-corrected chi connectivity index (χ0v) is 35.9. The first kappa shape index (κ1) is 40.5. The quantitative estimate of drug-likeness (QED) is 0.145. The van der Waals surface area contributed by atoms with Crippen LogP contribution in [-0.2, 0) is 43.2 Å². The van der Waals surface area contributed by atoms with Gasteiger partial charge < -0.3 is 33.0 Å². The van der Waals surface area contributed by atoms with E-state index in [2.05, 4.69) is 27.7 Å². The number of anilines is 1.